The summed E-state index contributed by atoms with van der Waals surface area (Å²) in [5, 5.41) is 0.909. The van der Waals surface area contributed by atoms with Crippen LogP contribution in [0.3, 0.4) is 0 Å². The number of amides is 1. The lowest BCUT2D eigenvalue weighted by atomic mass is 10.1. The number of fused-ring (bicyclic) bond motifs is 1. The number of nitrogens with zero attached hydrogens (tertiary/aromatic N) is 1. The van der Waals surface area contributed by atoms with E-state index < -0.39 is 0 Å². The van der Waals surface area contributed by atoms with E-state index in [4.69, 9.17) is 13.9 Å². The van der Waals surface area contributed by atoms with Gasteiger partial charge in [0.2, 0.25) is 0 Å². The van der Waals surface area contributed by atoms with E-state index in [-0.39, 0.29) is 18.6 Å². The Morgan fingerprint density at radius 1 is 0.938 bits per heavy atom. The number of carbonyl (C=O) groups excluding carboxylic acids is 1. The maximum absolute atomic E-state index is 13.7. The number of hydrogen-bond donors (Lipinski definition) is 0. The van der Waals surface area contributed by atoms with Gasteiger partial charge < -0.3 is 18.8 Å². The molecule has 1 aromatic heterocycles. The molecule has 5 heteroatoms. The van der Waals surface area contributed by atoms with Gasteiger partial charge in [0.15, 0.2) is 5.76 Å². The zero-order chi connectivity index (χ0) is 21.9. The van der Waals surface area contributed by atoms with Crippen LogP contribution in [-0.2, 0) is 13.2 Å². The van der Waals surface area contributed by atoms with E-state index in [1.54, 1.807) is 7.11 Å². The number of furan rings is 1. The summed E-state index contributed by atoms with van der Waals surface area (Å²) in [5.41, 5.74) is 2.54. The third-order valence-corrected chi connectivity index (χ3v) is 5.78. The first kappa shape index (κ1) is 20.2. The van der Waals surface area contributed by atoms with E-state index in [1.165, 1.54) is 0 Å². The molecule has 0 bridgehead atoms. The molecule has 1 fully saturated rings. The standard InChI is InChI=1S/C27H25NO4/c1-30-21-15-11-19(12-16-21)17-28(20-13-14-20)27(29)26-24(18-31-22-7-3-2-4-8-22)23-9-5-6-10-25(23)32-26/h2-12,15-16,20H,13-14,17-18H2,1H3. The summed E-state index contributed by atoms with van der Waals surface area (Å²) in [4.78, 5) is 15.6. The third kappa shape index (κ3) is 4.19. The van der Waals surface area contributed by atoms with Crippen molar-refractivity contribution in [3.8, 4) is 11.5 Å². The molecule has 1 aliphatic carbocycles. The van der Waals surface area contributed by atoms with Gasteiger partial charge in [-0.25, -0.2) is 0 Å². The summed E-state index contributed by atoms with van der Waals surface area (Å²) < 4.78 is 17.3. The van der Waals surface area contributed by atoms with Gasteiger partial charge >= 0.3 is 0 Å². The van der Waals surface area contributed by atoms with Crippen LogP contribution in [0.1, 0.15) is 34.5 Å². The fourth-order valence-electron chi connectivity index (χ4n) is 3.90. The van der Waals surface area contributed by atoms with E-state index in [0.29, 0.717) is 17.9 Å². The first-order valence-corrected chi connectivity index (χ1v) is 10.8. The summed E-state index contributed by atoms with van der Waals surface area (Å²) in [5.74, 6) is 1.83. The molecule has 3 aromatic carbocycles. The van der Waals surface area contributed by atoms with Gasteiger partial charge in [0.05, 0.1) is 7.11 Å². The molecular weight excluding hydrogens is 402 g/mol. The highest BCUT2D eigenvalue weighted by molar-refractivity contribution is 5.99. The average Bonchev–Trinajstić information content (AvgIpc) is 3.62. The van der Waals surface area contributed by atoms with Crippen molar-refractivity contribution in [1.29, 1.82) is 0 Å². The van der Waals surface area contributed by atoms with Crippen molar-refractivity contribution in [2.45, 2.75) is 32.0 Å². The number of para-hydroxylation sites is 2. The summed E-state index contributed by atoms with van der Waals surface area (Å²) >= 11 is 0. The molecule has 0 saturated heterocycles. The van der Waals surface area contributed by atoms with Crippen molar-refractivity contribution < 1.29 is 18.7 Å². The molecule has 1 aliphatic rings. The summed E-state index contributed by atoms with van der Waals surface area (Å²) in [6, 6.07) is 25.4. The lowest BCUT2D eigenvalue weighted by molar-refractivity contribution is 0.0696. The topological polar surface area (TPSA) is 51.9 Å². The molecule has 0 atom stereocenters. The van der Waals surface area contributed by atoms with Gasteiger partial charge in [-0.05, 0) is 48.7 Å². The molecule has 32 heavy (non-hydrogen) atoms. The molecule has 0 N–H and O–H groups in total. The number of ether oxygens (including phenoxy) is 2. The van der Waals surface area contributed by atoms with Crippen molar-refractivity contribution in [3.05, 3.63) is 95.7 Å². The molecule has 4 aromatic rings. The average molecular weight is 428 g/mol. The van der Waals surface area contributed by atoms with Crippen molar-refractivity contribution >= 4 is 16.9 Å². The molecule has 5 nitrogen and oxygen atoms in total. The Morgan fingerprint density at radius 2 is 1.66 bits per heavy atom. The monoisotopic (exact) mass is 427 g/mol. The number of benzene rings is 3. The van der Waals surface area contributed by atoms with E-state index in [2.05, 4.69) is 0 Å². The maximum atomic E-state index is 13.7. The predicted octanol–water partition coefficient (Wildman–Crippen LogP) is 5.83. The highest BCUT2D eigenvalue weighted by atomic mass is 16.5. The number of hydrogen-bond acceptors (Lipinski definition) is 4. The van der Waals surface area contributed by atoms with Crippen LogP contribution in [0.5, 0.6) is 11.5 Å². The second kappa shape index (κ2) is 8.79. The highest BCUT2D eigenvalue weighted by Gasteiger charge is 2.36. The molecule has 162 valence electrons. The second-order valence-electron chi connectivity index (χ2n) is 8.02. The van der Waals surface area contributed by atoms with Crippen LogP contribution in [-0.4, -0.2) is 24.0 Å². The van der Waals surface area contributed by atoms with E-state index in [1.807, 2.05) is 83.8 Å². The number of rotatable bonds is 8. The van der Waals surface area contributed by atoms with Crippen LogP contribution < -0.4 is 9.47 Å². The Bertz CT molecular complexity index is 1210. The van der Waals surface area contributed by atoms with Gasteiger partial charge in [-0.1, -0.05) is 48.5 Å². The van der Waals surface area contributed by atoms with Gasteiger partial charge in [-0.2, -0.15) is 0 Å². The van der Waals surface area contributed by atoms with E-state index in [0.717, 1.165) is 40.9 Å². The fourth-order valence-corrected chi connectivity index (χ4v) is 3.90. The van der Waals surface area contributed by atoms with E-state index in [9.17, 15) is 4.79 Å². The van der Waals surface area contributed by atoms with E-state index >= 15 is 0 Å². The Morgan fingerprint density at radius 3 is 2.38 bits per heavy atom. The molecular formula is C27H25NO4. The molecule has 1 saturated carbocycles. The fraction of sp³-hybridized carbons (Fsp3) is 0.222. The van der Waals surface area contributed by atoms with Crippen LogP contribution in [0, 0.1) is 0 Å². The van der Waals surface area contributed by atoms with Crippen molar-refractivity contribution in [2.75, 3.05) is 7.11 Å². The molecule has 0 unspecified atom stereocenters. The Labute approximate surface area is 187 Å². The maximum Gasteiger partial charge on any atom is 0.290 e. The smallest absolute Gasteiger partial charge is 0.290 e. The SMILES string of the molecule is COc1ccc(CN(C(=O)c2oc3ccccc3c2COc2ccccc2)C2CC2)cc1. The summed E-state index contributed by atoms with van der Waals surface area (Å²) in [6.45, 7) is 0.798. The first-order chi connectivity index (χ1) is 15.7. The largest absolute Gasteiger partial charge is 0.497 e. The van der Waals surface area contributed by atoms with Crippen LogP contribution in [0.2, 0.25) is 0 Å². The van der Waals surface area contributed by atoms with Gasteiger partial charge in [-0.15, -0.1) is 0 Å². The first-order valence-electron chi connectivity index (χ1n) is 10.8. The minimum atomic E-state index is -0.0915. The van der Waals surface area contributed by atoms with Gasteiger partial charge in [0, 0.05) is 23.5 Å². The number of carbonyl (C=O) groups is 1. The quantitative estimate of drug-likeness (QED) is 0.355. The molecule has 0 aliphatic heterocycles. The highest BCUT2D eigenvalue weighted by Crippen LogP contribution is 2.34. The molecule has 0 spiro atoms. The summed E-state index contributed by atoms with van der Waals surface area (Å²) in [6.07, 6.45) is 2.02. The molecule has 1 amide bonds. The lowest BCUT2D eigenvalue weighted by Crippen LogP contribution is -2.33. The lowest BCUT2D eigenvalue weighted by Gasteiger charge is -2.22. The van der Waals surface area contributed by atoms with Gasteiger partial charge in [0.25, 0.3) is 5.91 Å². The molecule has 0 radical (unpaired) electrons. The third-order valence-electron chi connectivity index (χ3n) is 5.78. The molecule has 5 rings (SSSR count). The van der Waals surface area contributed by atoms with Crippen LogP contribution in [0.25, 0.3) is 11.0 Å². The van der Waals surface area contributed by atoms with Crippen LogP contribution in [0.4, 0.5) is 0 Å². The second-order valence-corrected chi connectivity index (χ2v) is 8.02. The van der Waals surface area contributed by atoms with Crippen LogP contribution >= 0.6 is 0 Å². The van der Waals surface area contributed by atoms with Crippen molar-refractivity contribution in [1.82, 2.24) is 4.90 Å². The normalized spacial score (nSPS) is 13.2. The Balaban J connectivity index is 1.45. The van der Waals surface area contributed by atoms with Crippen molar-refractivity contribution in [3.63, 3.8) is 0 Å². The zero-order valence-electron chi connectivity index (χ0n) is 18.0. The zero-order valence-corrected chi connectivity index (χ0v) is 18.0. The Hall–Kier alpha value is -3.73. The van der Waals surface area contributed by atoms with Crippen LogP contribution in [0.15, 0.2) is 83.3 Å². The minimum Gasteiger partial charge on any atom is -0.497 e. The summed E-state index contributed by atoms with van der Waals surface area (Å²) in [7, 11) is 1.65. The minimum absolute atomic E-state index is 0.0915. The van der Waals surface area contributed by atoms with Crippen molar-refractivity contribution in [2.24, 2.45) is 0 Å². The Kier molecular flexibility index (Phi) is 5.55. The van der Waals surface area contributed by atoms with Gasteiger partial charge in [0.1, 0.15) is 23.7 Å². The number of methoxy groups -OCH3 is 1. The van der Waals surface area contributed by atoms with Gasteiger partial charge in [-0.3, -0.25) is 4.79 Å². The molecule has 1 heterocycles. The predicted molar refractivity (Wildman–Crippen MR) is 123 cm³/mol.